The van der Waals surface area contributed by atoms with Crippen molar-refractivity contribution in [1.82, 2.24) is 19.9 Å². The first-order valence-electron chi connectivity index (χ1n) is 7.08. The molecule has 1 fully saturated rings. The Morgan fingerprint density at radius 1 is 1.35 bits per heavy atom. The summed E-state index contributed by atoms with van der Waals surface area (Å²) in [5, 5.41) is 0. The lowest BCUT2D eigenvalue weighted by atomic mass is 10.1. The SMILES string of the molecule is Cc1nc(CN(C)C2CN(c3cc(C(F)(F)F)ncn3)C2)co1. The smallest absolute Gasteiger partial charge is 0.433 e. The topological polar surface area (TPSA) is 58.3 Å². The van der Waals surface area contributed by atoms with Crippen molar-refractivity contribution in [2.75, 3.05) is 25.0 Å². The Morgan fingerprint density at radius 2 is 2.09 bits per heavy atom. The molecule has 2 aromatic rings. The van der Waals surface area contributed by atoms with E-state index in [-0.39, 0.29) is 6.04 Å². The van der Waals surface area contributed by atoms with Crippen LogP contribution in [0, 0.1) is 6.92 Å². The zero-order valence-corrected chi connectivity index (χ0v) is 12.7. The quantitative estimate of drug-likeness (QED) is 0.857. The second-order valence-corrected chi connectivity index (χ2v) is 5.59. The summed E-state index contributed by atoms with van der Waals surface area (Å²) in [5.41, 5.74) is -0.0813. The van der Waals surface area contributed by atoms with Crippen LogP contribution in [-0.4, -0.2) is 46.0 Å². The lowest BCUT2D eigenvalue weighted by Crippen LogP contribution is -2.58. The fraction of sp³-hybridized carbons (Fsp3) is 0.500. The van der Waals surface area contributed by atoms with Crippen LogP contribution in [0.3, 0.4) is 0 Å². The van der Waals surface area contributed by atoms with E-state index in [1.54, 1.807) is 18.1 Å². The van der Waals surface area contributed by atoms with Crippen LogP contribution in [0.4, 0.5) is 19.0 Å². The second-order valence-electron chi connectivity index (χ2n) is 5.59. The Kier molecular flexibility index (Phi) is 3.97. The monoisotopic (exact) mass is 327 g/mol. The molecule has 0 radical (unpaired) electrons. The summed E-state index contributed by atoms with van der Waals surface area (Å²) in [6, 6.07) is 1.22. The van der Waals surface area contributed by atoms with Crippen LogP contribution in [0.2, 0.25) is 0 Å². The molecular weight excluding hydrogens is 311 g/mol. The molecule has 9 heteroatoms. The number of hydrogen-bond acceptors (Lipinski definition) is 6. The van der Waals surface area contributed by atoms with E-state index in [1.165, 1.54) is 0 Å². The van der Waals surface area contributed by atoms with E-state index in [0.29, 0.717) is 31.3 Å². The predicted molar refractivity (Wildman–Crippen MR) is 75.7 cm³/mol. The van der Waals surface area contributed by atoms with Gasteiger partial charge in [0.05, 0.1) is 5.69 Å². The van der Waals surface area contributed by atoms with Crippen LogP contribution in [0.5, 0.6) is 0 Å². The van der Waals surface area contributed by atoms with Crippen molar-refractivity contribution in [3.05, 3.63) is 35.9 Å². The van der Waals surface area contributed by atoms with Crippen LogP contribution < -0.4 is 4.90 Å². The van der Waals surface area contributed by atoms with Gasteiger partial charge in [-0.15, -0.1) is 0 Å². The van der Waals surface area contributed by atoms with Crippen molar-refractivity contribution in [3.8, 4) is 0 Å². The second kappa shape index (κ2) is 5.80. The molecule has 0 bridgehead atoms. The number of halogens is 3. The van der Waals surface area contributed by atoms with Gasteiger partial charge in [0.15, 0.2) is 5.89 Å². The van der Waals surface area contributed by atoms with Gasteiger partial charge in [0.2, 0.25) is 0 Å². The summed E-state index contributed by atoms with van der Waals surface area (Å²) in [5.74, 6) is 0.915. The molecule has 0 amide bonds. The van der Waals surface area contributed by atoms with Crippen molar-refractivity contribution in [1.29, 1.82) is 0 Å². The lowest BCUT2D eigenvalue weighted by Gasteiger charge is -2.44. The van der Waals surface area contributed by atoms with Crippen molar-refractivity contribution < 1.29 is 17.6 Å². The molecule has 6 nitrogen and oxygen atoms in total. The Morgan fingerprint density at radius 3 is 2.70 bits per heavy atom. The van der Waals surface area contributed by atoms with Crippen molar-refractivity contribution in [3.63, 3.8) is 0 Å². The first-order chi connectivity index (χ1) is 10.8. The molecule has 0 unspecified atom stereocenters. The number of rotatable bonds is 4. The molecule has 1 aliphatic rings. The average molecular weight is 327 g/mol. The highest BCUT2D eigenvalue weighted by Gasteiger charge is 2.35. The van der Waals surface area contributed by atoms with Crippen molar-refractivity contribution in [2.24, 2.45) is 0 Å². The summed E-state index contributed by atoms with van der Waals surface area (Å²) in [6.07, 6.45) is -1.89. The number of hydrogen-bond donors (Lipinski definition) is 0. The summed E-state index contributed by atoms with van der Waals surface area (Å²) in [4.78, 5) is 15.3. The molecule has 1 aliphatic heterocycles. The molecule has 0 atom stereocenters. The highest BCUT2D eigenvalue weighted by Crippen LogP contribution is 2.30. The largest absolute Gasteiger partial charge is 0.449 e. The number of likely N-dealkylation sites (N-methyl/N-ethyl adjacent to an activating group) is 1. The molecule has 3 rings (SSSR count). The maximum Gasteiger partial charge on any atom is 0.433 e. The fourth-order valence-electron chi connectivity index (χ4n) is 2.46. The van der Waals surface area contributed by atoms with Gasteiger partial charge in [-0.3, -0.25) is 4.90 Å². The molecule has 0 aromatic carbocycles. The predicted octanol–water partition coefficient (Wildman–Crippen LogP) is 2.11. The normalized spacial score (nSPS) is 16.0. The van der Waals surface area contributed by atoms with Crippen LogP contribution in [0.25, 0.3) is 0 Å². The third kappa shape index (κ3) is 3.44. The summed E-state index contributed by atoms with van der Waals surface area (Å²) < 4.78 is 43.2. The highest BCUT2D eigenvalue weighted by molar-refractivity contribution is 5.43. The molecule has 0 spiro atoms. The molecule has 2 aromatic heterocycles. The number of oxazole rings is 1. The van der Waals surface area contributed by atoms with E-state index >= 15 is 0 Å². The Hall–Kier alpha value is -2.16. The summed E-state index contributed by atoms with van der Waals surface area (Å²) in [6.45, 7) is 3.64. The minimum Gasteiger partial charge on any atom is -0.449 e. The maximum absolute atomic E-state index is 12.7. The van der Waals surface area contributed by atoms with Crippen molar-refractivity contribution >= 4 is 5.82 Å². The number of aryl methyl sites for hydroxylation is 1. The van der Waals surface area contributed by atoms with Gasteiger partial charge < -0.3 is 9.32 Å². The van der Waals surface area contributed by atoms with Gasteiger partial charge in [-0.1, -0.05) is 0 Å². The van der Waals surface area contributed by atoms with Crippen LogP contribution in [-0.2, 0) is 12.7 Å². The summed E-state index contributed by atoms with van der Waals surface area (Å²) >= 11 is 0. The minimum absolute atomic E-state index is 0.233. The van der Waals surface area contributed by atoms with E-state index < -0.39 is 11.9 Å². The van der Waals surface area contributed by atoms with Gasteiger partial charge in [0, 0.05) is 38.7 Å². The molecular formula is C14H16F3N5O. The van der Waals surface area contributed by atoms with Gasteiger partial charge >= 0.3 is 6.18 Å². The van der Waals surface area contributed by atoms with Gasteiger partial charge in [0.1, 0.15) is 24.1 Å². The minimum atomic E-state index is -4.45. The Labute approximate surface area is 131 Å². The Balaban J connectivity index is 1.58. The van der Waals surface area contributed by atoms with Crippen LogP contribution >= 0.6 is 0 Å². The summed E-state index contributed by atoms with van der Waals surface area (Å²) in [7, 11) is 1.95. The molecule has 23 heavy (non-hydrogen) atoms. The van der Waals surface area contributed by atoms with E-state index in [1.807, 2.05) is 7.05 Å². The molecule has 0 aliphatic carbocycles. The number of alkyl halides is 3. The molecule has 1 saturated heterocycles. The van der Waals surface area contributed by atoms with Gasteiger partial charge in [-0.2, -0.15) is 13.2 Å². The Bertz CT molecular complexity index is 681. The first-order valence-corrected chi connectivity index (χ1v) is 7.08. The standard InChI is InChI=1S/C14H16F3N5O/c1-9-20-10(7-23-9)4-21(2)11-5-22(6-11)13-3-12(14(15,16)17)18-8-19-13/h3,7-8,11H,4-6H2,1-2H3. The van der Waals surface area contributed by atoms with E-state index in [9.17, 15) is 13.2 Å². The van der Waals surface area contributed by atoms with E-state index in [2.05, 4.69) is 19.9 Å². The third-order valence-electron chi connectivity index (χ3n) is 3.83. The van der Waals surface area contributed by atoms with Crippen molar-refractivity contribution in [2.45, 2.75) is 25.7 Å². The average Bonchev–Trinajstić information content (AvgIpc) is 2.82. The van der Waals surface area contributed by atoms with Gasteiger partial charge in [0.25, 0.3) is 0 Å². The number of nitrogens with zero attached hydrogens (tertiary/aromatic N) is 5. The van der Waals surface area contributed by atoms with Crippen LogP contribution in [0.1, 0.15) is 17.3 Å². The zero-order chi connectivity index (χ0) is 16.6. The van der Waals surface area contributed by atoms with E-state index in [4.69, 9.17) is 4.42 Å². The van der Waals surface area contributed by atoms with Gasteiger partial charge in [-0.05, 0) is 7.05 Å². The first kappa shape index (κ1) is 15.7. The molecule has 0 saturated carbocycles. The zero-order valence-electron chi connectivity index (χ0n) is 12.7. The number of aromatic nitrogens is 3. The van der Waals surface area contributed by atoms with Crippen LogP contribution in [0.15, 0.2) is 23.1 Å². The maximum atomic E-state index is 12.7. The number of anilines is 1. The molecule has 0 N–H and O–H groups in total. The third-order valence-corrected chi connectivity index (χ3v) is 3.83. The van der Waals surface area contributed by atoms with E-state index in [0.717, 1.165) is 18.1 Å². The highest BCUT2D eigenvalue weighted by atomic mass is 19.4. The molecule has 3 heterocycles. The lowest BCUT2D eigenvalue weighted by molar-refractivity contribution is -0.141. The molecule has 124 valence electrons. The van der Waals surface area contributed by atoms with Gasteiger partial charge in [-0.25, -0.2) is 15.0 Å². The fourth-order valence-corrected chi connectivity index (χ4v) is 2.46.